The van der Waals surface area contributed by atoms with Crippen LogP contribution < -0.4 is 5.32 Å². The Morgan fingerprint density at radius 3 is 3.11 bits per heavy atom. The molecule has 0 atom stereocenters. The average molecular weight is 277 g/mol. The number of benzene rings is 1. The van der Waals surface area contributed by atoms with Gasteiger partial charge < -0.3 is 5.32 Å². The van der Waals surface area contributed by atoms with Crippen molar-refractivity contribution < 1.29 is 4.79 Å². The van der Waals surface area contributed by atoms with Gasteiger partial charge >= 0.3 is 0 Å². The van der Waals surface area contributed by atoms with E-state index in [0.29, 0.717) is 17.0 Å². The number of para-hydroxylation sites is 1. The third-order valence-corrected chi connectivity index (χ3v) is 4.46. The lowest BCUT2D eigenvalue weighted by Crippen LogP contribution is -2.15. The Morgan fingerprint density at radius 1 is 1.56 bits per heavy atom. The fourth-order valence-electron chi connectivity index (χ4n) is 1.41. The standard InChI is InChI=1S/C12H11N3OS2/c13-7-9-3-1-2-4-10(9)15-11(16)8-18-12-14-5-6-17-12/h1-4H,5-6,8H2,(H,15,16). The van der Waals surface area contributed by atoms with Gasteiger partial charge in [-0.25, -0.2) is 0 Å². The zero-order valence-corrected chi connectivity index (χ0v) is 11.2. The summed E-state index contributed by atoms with van der Waals surface area (Å²) in [6.07, 6.45) is 0. The molecular formula is C12H11N3OS2. The van der Waals surface area contributed by atoms with Gasteiger partial charge in [-0.15, -0.1) is 0 Å². The molecule has 18 heavy (non-hydrogen) atoms. The molecule has 0 saturated heterocycles. The fraction of sp³-hybridized carbons (Fsp3) is 0.250. The van der Waals surface area contributed by atoms with Crippen LogP contribution in [0.1, 0.15) is 5.56 Å². The molecule has 0 unspecified atom stereocenters. The lowest BCUT2D eigenvalue weighted by molar-refractivity contribution is -0.113. The highest BCUT2D eigenvalue weighted by molar-refractivity contribution is 8.39. The summed E-state index contributed by atoms with van der Waals surface area (Å²) >= 11 is 3.12. The second-order valence-corrected chi connectivity index (χ2v) is 5.80. The number of amides is 1. The third kappa shape index (κ3) is 3.52. The van der Waals surface area contributed by atoms with Crippen molar-refractivity contribution in [3.8, 4) is 6.07 Å². The number of carbonyl (C=O) groups is 1. The maximum atomic E-state index is 11.7. The zero-order chi connectivity index (χ0) is 12.8. The number of hydrogen-bond donors (Lipinski definition) is 1. The number of thioether (sulfide) groups is 2. The first-order valence-electron chi connectivity index (χ1n) is 5.38. The number of rotatable bonds is 3. The van der Waals surface area contributed by atoms with Crippen LogP contribution in [0.25, 0.3) is 0 Å². The minimum atomic E-state index is -0.113. The normalized spacial score (nSPS) is 13.8. The van der Waals surface area contributed by atoms with Crippen LogP contribution in [-0.4, -0.2) is 28.3 Å². The van der Waals surface area contributed by atoms with Gasteiger partial charge in [-0.05, 0) is 12.1 Å². The van der Waals surface area contributed by atoms with Gasteiger partial charge in [-0.3, -0.25) is 9.79 Å². The van der Waals surface area contributed by atoms with Gasteiger partial charge in [0.15, 0.2) is 0 Å². The molecule has 1 amide bonds. The summed E-state index contributed by atoms with van der Waals surface area (Å²) in [5.74, 6) is 1.21. The largest absolute Gasteiger partial charge is 0.324 e. The molecule has 0 saturated carbocycles. The van der Waals surface area contributed by atoms with Crippen molar-refractivity contribution in [3.05, 3.63) is 29.8 Å². The number of carbonyl (C=O) groups excluding carboxylic acids is 1. The second kappa shape index (κ2) is 6.47. The van der Waals surface area contributed by atoms with Crippen LogP contribution in [0.3, 0.4) is 0 Å². The third-order valence-electron chi connectivity index (χ3n) is 2.21. The van der Waals surface area contributed by atoms with E-state index in [1.54, 1.807) is 36.0 Å². The Balaban J connectivity index is 1.89. The number of aliphatic imine (C=N–C) groups is 1. The lowest BCUT2D eigenvalue weighted by atomic mass is 10.2. The van der Waals surface area contributed by atoms with E-state index in [1.807, 2.05) is 6.07 Å². The highest BCUT2D eigenvalue weighted by Crippen LogP contribution is 2.22. The maximum Gasteiger partial charge on any atom is 0.234 e. The molecular weight excluding hydrogens is 266 g/mol. The van der Waals surface area contributed by atoms with Crippen molar-refractivity contribution >= 4 is 39.5 Å². The van der Waals surface area contributed by atoms with Gasteiger partial charge in [0, 0.05) is 5.75 Å². The highest BCUT2D eigenvalue weighted by Gasteiger charge is 2.11. The molecule has 0 radical (unpaired) electrons. The molecule has 1 N–H and O–H groups in total. The van der Waals surface area contributed by atoms with E-state index in [2.05, 4.69) is 10.3 Å². The molecule has 1 aromatic rings. The number of nitriles is 1. The van der Waals surface area contributed by atoms with Gasteiger partial charge in [-0.1, -0.05) is 35.7 Å². The van der Waals surface area contributed by atoms with Crippen LogP contribution in [0.5, 0.6) is 0 Å². The van der Waals surface area contributed by atoms with Crippen LogP contribution in [0.4, 0.5) is 5.69 Å². The van der Waals surface area contributed by atoms with E-state index in [9.17, 15) is 4.79 Å². The molecule has 1 aliphatic heterocycles. The predicted molar refractivity (Wildman–Crippen MR) is 77.0 cm³/mol. The van der Waals surface area contributed by atoms with Crippen LogP contribution in [0.15, 0.2) is 29.3 Å². The summed E-state index contributed by atoms with van der Waals surface area (Å²) < 4.78 is 0.971. The molecule has 2 rings (SSSR count). The minimum Gasteiger partial charge on any atom is -0.324 e. The number of nitrogens with one attached hydrogen (secondary N) is 1. The van der Waals surface area contributed by atoms with Crippen LogP contribution in [0.2, 0.25) is 0 Å². The van der Waals surface area contributed by atoms with Gasteiger partial charge in [0.05, 0.1) is 23.5 Å². The van der Waals surface area contributed by atoms with E-state index in [4.69, 9.17) is 5.26 Å². The number of hydrogen-bond acceptors (Lipinski definition) is 5. The number of anilines is 1. The molecule has 92 valence electrons. The van der Waals surface area contributed by atoms with Crippen molar-refractivity contribution in [1.29, 1.82) is 5.26 Å². The summed E-state index contributed by atoms with van der Waals surface area (Å²) in [6, 6.07) is 9.02. The van der Waals surface area contributed by atoms with E-state index < -0.39 is 0 Å². The number of nitrogens with zero attached hydrogens (tertiary/aromatic N) is 2. The van der Waals surface area contributed by atoms with E-state index in [0.717, 1.165) is 16.7 Å². The Labute approximate surface area is 114 Å². The van der Waals surface area contributed by atoms with Crippen molar-refractivity contribution in [2.24, 2.45) is 4.99 Å². The summed E-state index contributed by atoms with van der Waals surface area (Å²) in [5, 5.41) is 11.6. The van der Waals surface area contributed by atoms with Gasteiger partial charge in [-0.2, -0.15) is 5.26 Å². The maximum absolute atomic E-state index is 11.7. The summed E-state index contributed by atoms with van der Waals surface area (Å²) in [7, 11) is 0. The molecule has 4 nitrogen and oxygen atoms in total. The Hall–Kier alpha value is -1.45. The first-order chi connectivity index (χ1) is 8.79. The zero-order valence-electron chi connectivity index (χ0n) is 9.55. The molecule has 1 heterocycles. The summed E-state index contributed by atoms with van der Waals surface area (Å²) in [4.78, 5) is 16.0. The summed E-state index contributed by atoms with van der Waals surface area (Å²) in [5.41, 5.74) is 1.04. The van der Waals surface area contributed by atoms with Crippen LogP contribution in [-0.2, 0) is 4.79 Å². The first-order valence-corrected chi connectivity index (χ1v) is 7.36. The van der Waals surface area contributed by atoms with Gasteiger partial charge in [0.1, 0.15) is 10.4 Å². The Kier molecular flexibility index (Phi) is 4.67. The molecule has 6 heteroatoms. The Bertz CT molecular complexity index is 522. The summed E-state index contributed by atoms with van der Waals surface area (Å²) in [6.45, 7) is 0.839. The minimum absolute atomic E-state index is 0.113. The predicted octanol–water partition coefficient (Wildman–Crippen LogP) is 2.33. The van der Waals surface area contributed by atoms with Crippen molar-refractivity contribution in [2.45, 2.75) is 0 Å². The quantitative estimate of drug-likeness (QED) is 0.921. The van der Waals surface area contributed by atoms with Gasteiger partial charge in [0.25, 0.3) is 0 Å². The molecule has 0 aromatic heterocycles. The van der Waals surface area contributed by atoms with Crippen LogP contribution >= 0.6 is 23.5 Å². The molecule has 1 aliphatic rings. The topological polar surface area (TPSA) is 65.2 Å². The van der Waals surface area contributed by atoms with Crippen molar-refractivity contribution in [2.75, 3.05) is 23.4 Å². The van der Waals surface area contributed by atoms with Crippen molar-refractivity contribution in [1.82, 2.24) is 0 Å². The van der Waals surface area contributed by atoms with Gasteiger partial charge in [0.2, 0.25) is 5.91 Å². The second-order valence-electron chi connectivity index (χ2n) is 3.49. The molecule has 0 spiro atoms. The Morgan fingerprint density at radius 2 is 2.39 bits per heavy atom. The highest BCUT2D eigenvalue weighted by atomic mass is 32.2. The average Bonchev–Trinajstić information content (AvgIpc) is 2.90. The monoisotopic (exact) mass is 277 g/mol. The fourth-order valence-corrected chi connectivity index (χ4v) is 3.22. The molecule has 0 aliphatic carbocycles. The van der Waals surface area contributed by atoms with E-state index >= 15 is 0 Å². The smallest absolute Gasteiger partial charge is 0.234 e. The SMILES string of the molecule is N#Cc1ccccc1NC(=O)CSC1=NCCS1. The molecule has 1 aromatic carbocycles. The molecule has 0 bridgehead atoms. The van der Waals surface area contributed by atoms with Crippen molar-refractivity contribution in [3.63, 3.8) is 0 Å². The molecule has 0 fully saturated rings. The van der Waals surface area contributed by atoms with Crippen LogP contribution in [0, 0.1) is 11.3 Å². The van der Waals surface area contributed by atoms with E-state index in [1.165, 1.54) is 11.8 Å². The van der Waals surface area contributed by atoms with E-state index in [-0.39, 0.29) is 5.91 Å². The lowest BCUT2D eigenvalue weighted by Gasteiger charge is -2.06. The first kappa shape index (κ1) is 13.0.